The number of hydrogen-bond acceptors (Lipinski definition) is 3. The Hall–Kier alpha value is -2.97. The van der Waals surface area contributed by atoms with Crippen molar-refractivity contribution in [3.8, 4) is 0 Å². The number of carboxylic acid groups (broad SMARTS) is 1. The van der Waals surface area contributed by atoms with E-state index in [1.807, 2.05) is 30.3 Å². The summed E-state index contributed by atoms with van der Waals surface area (Å²) < 4.78 is 14.2. The molecule has 0 saturated carbocycles. The molecule has 0 saturated heterocycles. The lowest BCUT2D eigenvalue weighted by molar-refractivity contribution is -0.131. The highest BCUT2D eigenvalue weighted by Gasteiger charge is 2.32. The van der Waals surface area contributed by atoms with Gasteiger partial charge in [-0.2, -0.15) is 0 Å². The van der Waals surface area contributed by atoms with Gasteiger partial charge in [-0.25, -0.2) is 4.79 Å². The molecule has 4 nitrogen and oxygen atoms in total. The predicted molar refractivity (Wildman–Crippen MR) is 100 cm³/mol. The van der Waals surface area contributed by atoms with Crippen molar-refractivity contribution < 1.29 is 14.5 Å². The maximum Gasteiger partial charge on any atom is 0.328 e. The summed E-state index contributed by atoms with van der Waals surface area (Å²) in [6.45, 7) is 0. The summed E-state index contributed by atoms with van der Waals surface area (Å²) in [5, 5.41) is 10.2. The summed E-state index contributed by atoms with van der Waals surface area (Å²) >= 11 is 0. The van der Waals surface area contributed by atoms with Gasteiger partial charge in [0, 0.05) is 22.9 Å². The molecule has 0 amide bonds. The van der Waals surface area contributed by atoms with Crippen molar-refractivity contribution in [2.75, 3.05) is 0 Å². The molecule has 0 aliphatic heterocycles. The Morgan fingerprint density at radius 2 is 1.60 bits per heavy atom. The van der Waals surface area contributed by atoms with Gasteiger partial charge in [-0.15, -0.1) is 0 Å². The van der Waals surface area contributed by atoms with Crippen LogP contribution in [0.5, 0.6) is 0 Å². The van der Waals surface area contributed by atoms with Crippen LogP contribution in [0.3, 0.4) is 0 Å². The third-order valence-electron chi connectivity index (χ3n) is 3.77. The fourth-order valence-electron chi connectivity index (χ4n) is 2.65. The molecule has 1 unspecified atom stereocenters. The SMILES string of the molecule is O=C(O)C=Cc1ccccc1P(=O)(c1ccccc1)c1ccccn1. The maximum absolute atomic E-state index is 14.2. The molecular weight excluding hydrogens is 333 g/mol. The topological polar surface area (TPSA) is 67.3 Å². The molecule has 2 aromatic carbocycles. The number of carboxylic acids is 1. The molecule has 1 heterocycles. The third-order valence-corrected chi connectivity index (χ3v) is 6.79. The fraction of sp³-hybridized carbons (Fsp3) is 0. The quantitative estimate of drug-likeness (QED) is 0.568. The molecule has 0 bridgehead atoms. The lowest BCUT2D eigenvalue weighted by Gasteiger charge is -2.20. The van der Waals surface area contributed by atoms with E-state index in [0.717, 1.165) is 6.08 Å². The molecule has 0 radical (unpaired) electrons. The molecule has 0 fully saturated rings. The predicted octanol–water partition coefficient (Wildman–Crippen LogP) is 2.82. The van der Waals surface area contributed by atoms with Crippen molar-refractivity contribution in [1.82, 2.24) is 4.98 Å². The molecule has 5 heteroatoms. The molecule has 1 N–H and O–H groups in total. The molecule has 0 spiro atoms. The van der Waals surface area contributed by atoms with Crippen LogP contribution < -0.4 is 16.0 Å². The van der Waals surface area contributed by atoms with E-state index in [0.29, 0.717) is 21.6 Å². The zero-order valence-corrected chi connectivity index (χ0v) is 14.2. The molecular formula is C20H16NO3P. The second kappa shape index (κ2) is 7.29. The maximum atomic E-state index is 14.2. The van der Waals surface area contributed by atoms with Crippen LogP contribution in [-0.4, -0.2) is 16.1 Å². The first kappa shape index (κ1) is 16.9. The standard InChI is InChI=1S/C20H16NO3P/c22-20(23)14-13-16-8-4-5-11-18(16)25(24,17-9-2-1-3-10-17)19-12-6-7-15-21-19/h1-15H,(H,22,23). The minimum atomic E-state index is -3.23. The minimum absolute atomic E-state index is 0.470. The number of hydrogen-bond donors (Lipinski definition) is 1. The Balaban J connectivity index is 2.28. The van der Waals surface area contributed by atoms with Crippen LogP contribution in [-0.2, 0) is 9.36 Å². The number of aliphatic carboxylic acids is 1. The van der Waals surface area contributed by atoms with E-state index < -0.39 is 13.1 Å². The number of aromatic nitrogens is 1. The number of nitrogens with zero attached hydrogens (tertiary/aromatic N) is 1. The number of benzene rings is 2. The lowest BCUT2D eigenvalue weighted by atomic mass is 10.2. The van der Waals surface area contributed by atoms with Gasteiger partial charge in [0.05, 0.1) is 0 Å². The summed E-state index contributed by atoms with van der Waals surface area (Å²) in [7, 11) is -3.23. The van der Waals surface area contributed by atoms with Crippen LogP contribution in [0.25, 0.3) is 6.08 Å². The second-order valence-electron chi connectivity index (χ2n) is 5.36. The summed E-state index contributed by atoms with van der Waals surface area (Å²) in [6.07, 6.45) is 4.13. The number of carbonyl (C=O) groups is 1. The van der Waals surface area contributed by atoms with Crippen LogP contribution in [0.2, 0.25) is 0 Å². The van der Waals surface area contributed by atoms with Gasteiger partial charge in [0.25, 0.3) is 0 Å². The molecule has 3 rings (SSSR count). The smallest absolute Gasteiger partial charge is 0.328 e. The first-order chi connectivity index (χ1) is 12.1. The molecule has 25 heavy (non-hydrogen) atoms. The summed E-state index contributed by atoms with van der Waals surface area (Å²) in [5.74, 6) is -1.05. The van der Waals surface area contributed by atoms with Gasteiger partial charge in [-0.3, -0.25) is 4.98 Å². The van der Waals surface area contributed by atoms with E-state index in [2.05, 4.69) is 4.98 Å². The van der Waals surface area contributed by atoms with Crippen LogP contribution in [0, 0.1) is 0 Å². The van der Waals surface area contributed by atoms with E-state index in [-0.39, 0.29) is 0 Å². The van der Waals surface area contributed by atoms with Crippen LogP contribution in [0.4, 0.5) is 0 Å². The van der Waals surface area contributed by atoms with E-state index in [1.54, 1.807) is 48.7 Å². The first-order valence-electron chi connectivity index (χ1n) is 7.70. The van der Waals surface area contributed by atoms with Crippen molar-refractivity contribution in [1.29, 1.82) is 0 Å². The lowest BCUT2D eigenvalue weighted by Crippen LogP contribution is -2.28. The zero-order chi connectivity index (χ0) is 17.7. The van der Waals surface area contributed by atoms with Gasteiger partial charge >= 0.3 is 5.97 Å². The van der Waals surface area contributed by atoms with E-state index >= 15 is 0 Å². The van der Waals surface area contributed by atoms with Crippen LogP contribution in [0.1, 0.15) is 5.56 Å². The van der Waals surface area contributed by atoms with Gasteiger partial charge in [-0.1, -0.05) is 60.7 Å². The molecule has 3 aromatic rings. The zero-order valence-electron chi connectivity index (χ0n) is 13.3. The number of pyridine rings is 1. The highest BCUT2D eigenvalue weighted by molar-refractivity contribution is 7.85. The Bertz CT molecular complexity index is 909. The van der Waals surface area contributed by atoms with E-state index in [1.165, 1.54) is 6.08 Å². The molecule has 1 atom stereocenters. The fourth-order valence-corrected chi connectivity index (χ4v) is 5.36. The van der Waals surface area contributed by atoms with Crippen molar-refractivity contribution >= 4 is 35.2 Å². The highest BCUT2D eigenvalue weighted by atomic mass is 31.2. The van der Waals surface area contributed by atoms with E-state index in [4.69, 9.17) is 5.11 Å². The van der Waals surface area contributed by atoms with Gasteiger partial charge in [0.15, 0.2) is 7.14 Å². The Morgan fingerprint density at radius 1 is 0.920 bits per heavy atom. The van der Waals surface area contributed by atoms with Crippen LogP contribution in [0.15, 0.2) is 85.1 Å². The summed E-state index contributed by atoms with van der Waals surface area (Å²) in [5.41, 5.74) is 1.07. The molecule has 0 aliphatic rings. The Kier molecular flexibility index (Phi) is 4.92. The summed E-state index contributed by atoms with van der Waals surface area (Å²) in [6, 6.07) is 21.6. The molecule has 0 aliphatic carbocycles. The minimum Gasteiger partial charge on any atom is -0.478 e. The van der Waals surface area contributed by atoms with Gasteiger partial charge < -0.3 is 9.67 Å². The molecule has 1 aromatic heterocycles. The number of rotatable bonds is 5. The first-order valence-corrected chi connectivity index (χ1v) is 9.41. The largest absolute Gasteiger partial charge is 0.478 e. The third kappa shape index (κ3) is 3.44. The van der Waals surface area contributed by atoms with Gasteiger partial charge in [0.2, 0.25) is 0 Å². The second-order valence-corrected chi connectivity index (χ2v) is 8.04. The normalized spacial score (nSPS) is 13.4. The van der Waals surface area contributed by atoms with Crippen molar-refractivity contribution in [3.05, 3.63) is 90.6 Å². The Morgan fingerprint density at radius 3 is 2.28 bits per heavy atom. The highest BCUT2D eigenvalue weighted by Crippen LogP contribution is 2.42. The van der Waals surface area contributed by atoms with Crippen LogP contribution >= 0.6 is 7.14 Å². The average molecular weight is 349 g/mol. The molecule has 124 valence electrons. The monoisotopic (exact) mass is 349 g/mol. The summed E-state index contributed by atoms with van der Waals surface area (Å²) in [4.78, 5) is 15.2. The van der Waals surface area contributed by atoms with Crippen molar-refractivity contribution in [2.45, 2.75) is 0 Å². The van der Waals surface area contributed by atoms with Crippen molar-refractivity contribution in [3.63, 3.8) is 0 Å². The van der Waals surface area contributed by atoms with Crippen molar-refractivity contribution in [2.24, 2.45) is 0 Å². The average Bonchev–Trinajstić information content (AvgIpc) is 2.67. The Labute approximate surface area is 145 Å². The van der Waals surface area contributed by atoms with E-state index in [9.17, 15) is 9.36 Å². The van der Waals surface area contributed by atoms with Gasteiger partial charge in [0.1, 0.15) is 5.44 Å². The van der Waals surface area contributed by atoms with Gasteiger partial charge in [-0.05, 0) is 23.8 Å².